The Morgan fingerprint density at radius 3 is 2.56 bits per heavy atom. The molecule has 3 aromatic carbocycles. The van der Waals surface area contributed by atoms with Gasteiger partial charge in [-0.15, -0.1) is 0 Å². The number of rotatable bonds is 4. The van der Waals surface area contributed by atoms with Crippen LogP contribution in [-0.2, 0) is 6.42 Å². The summed E-state index contributed by atoms with van der Waals surface area (Å²) >= 11 is 13.7. The summed E-state index contributed by atoms with van der Waals surface area (Å²) in [6.07, 6.45) is 3.40. The van der Waals surface area contributed by atoms with Crippen molar-refractivity contribution in [3.8, 4) is 11.3 Å². The van der Waals surface area contributed by atoms with Crippen molar-refractivity contribution in [1.82, 2.24) is 4.57 Å². The molecule has 3 heterocycles. The van der Waals surface area contributed by atoms with E-state index in [4.69, 9.17) is 32.6 Å². The zero-order chi connectivity index (χ0) is 28.2. The van der Waals surface area contributed by atoms with E-state index < -0.39 is 4.92 Å². The molecule has 202 valence electrons. The van der Waals surface area contributed by atoms with Gasteiger partial charge in [-0.2, -0.15) is 0 Å². The maximum atomic E-state index is 13.9. The number of nitro benzene ring substituents is 1. The fourth-order valence-electron chi connectivity index (χ4n) is 5.53. The Morgan fingerprint density at radius 2 is 1.76 bits per heavy atom. The van der Waals surface area contributed by atoms with Crippen molar-refractivity contribution in [3.05, 3.63) is 147 Å². The topological polar surface area (TPSA) is 90.6 Å². The summed E-state index contributed by atoms with van der Waals surface area (Å²) in [7, 11) is 0. The first kappa shape index (κ1) is 25.7. The molecule has 0 bridgehead atoms. The van der Waals surface area contributed by atoms with E-state index in [0.717, 1.165) is 35.2 Å². The highest BCUT2D eigenvalue weighted by Gasteiger charge is 2.32. The molecule has 0 N–H and O–H groups in total. The molecular weight excluding hydrogens is 581 g/mol. The van der Waals surface area contributed by atoms with Gasteiger partial charge >= 0.3 is 0 Å². The van der Waals surface area contributed by atoms with Crippen LogP contribution in [0.15, 0.2) is 98.6 Å². The third kappa shape index (κ3) is 4.35. The third-order valence-corrected chi connectivity index (χ3v) is 8.99. The van der Waals surface area contributed by atoms with Crippen LogP contribution < -0.4 is 14.9 Å². The quantitative estimate of drug-likeness (QED) is 0.168. The molecule has 0 spiro atoms. The molecule has 1 atom stereocenters. The largest absolute Gasteiger partial charge is 0.457 e. The average Bonchev–Trinajstić information content (AvgIpc) is 3.57. The predicted octanol–water partition coefficient (Wildman–Crippen LogP) is 6.79. The molecule has 10 heteroatoms. The van der Waals surface area contributed by atoms with Crippen LogP contribution in [0.1, 0.15) is 34.9 Å². The van der Waals surface area contributed by atoms with Crippen molar-refractivity contribution < 1.29 is 9.34 Å². The summed E-state index contributed by atoms with van der Waals surface area (Å²) in [4.78, 5) is 30.2. The minimum absolute atomic E-state index is 0.0490. The number of hydrogen-bond acceptors (Lipinski definition) is 6. The Labute approximate surface area is 247 Å². The van der Waals surface area contributed by atoms with Gasteiger partial charge in [0.05, 0.1) is 26.2 Å². The second kappa shape index (κ2) is 9.99. The van der Waals surface area contributed by atoms with Gasteiger partial charge in [-0.05, 0) is 47.7 Å². The van der Waals surface area contributed by atoms with Crippen LogP contribution in [0, 0.1) is 10.1 Å². The lowest BCUT2D eigenvalue weighted by Gasteiger charge is -2.30. The van der Waals surface area contributed by atoms with Gasteiger partial charge in [-0.1, -0.05) is 89.1 Å². The highest BCUT2D eigenvalue weighted by atomic mass is 35.5. The summed E-state index contributed by atoms with van der Waals surface area (Å²) in [5.41, 5.74) is 5.47. The smallest absolute Gasteiger partial charge is 0.289 e. The number of fused-ring (bicyclic) bond motifs is 3. The normalized spacial score (nSPS) is 16.1. The second-order valence-electron chi connectivity index (χ2n) is 9.77. The van der Waals surface area contributed by atoms with Gasteiger partial charge in [0.25, 0.3) is 11.2 Å². The zero-order valence-electron chi connectivity index (χ0n) is 21.2. The molecule has 1 aliphatic heterocycles. The number of thiazole rings is 1. The Balaban J connectivity index is 1.36. The van der Waals surface area contributed by atoms with Gasteiger partial charge in [-0.25, -0.2) is 4.99 Å². The minimum Gasteiger partial charge on any atom is -0.457 e. The van der Waals surface area contributed by atoms with Crippen molar-refractivity contribution in [2.75, 3.05) is 0 Å². The summed E-state index contributed by atoms with van der Waals surface area (Å²) < 4.78 is 8.26. The summed E-state index contributed by atoms with van der Waals surface area (Å²) in [5, 5.41) is 11.3. The van der Waals surface area contributed by atoms with Gasteiger partial charge in [0.2, 0.25) is 0 Å². The molecule has 0 saturated heterocycles. The number of benzene rings is 3. The molecular formula is C31H19Cl2N3O4S. The van der Waals surface area contributed by atoms with Crippen LogP contribution in [0.25, 0.3) is 23.1 Å². The van der Waals surface area contributed by atoms with Gasteiger partial charge in [-0.3, -0.25) is 19.5 Å². The average molecular weight is 600 g/mol. The van der Waals surface area contributed by atoms with E-state index in [-0.39, 0.29) is 27.3 Å². The number of halogens is 2. The van der Waals surface area contributed by atoms with E-state index in [1.54, 1.807) is 22.8 Å². The number of nitrogens with zero attached hydrogens (tertiary/aromatic N) is 3. The van der Waals surface area contributed by atoms with E-state index >= 15 is 0 Å². The first-order valence-corrected chi connectivity index (χ1v) is 14.4. The first-order valence-electron chi connectivity index (χ1n) is 12.8. The van der Waals surface area contributed by atoms with Gasteiger partial charge in [0.1, 0.15) is 16.5 Å². The van der Waals surface area contributed by atoms with Gasteiger partial charge < -0.3 is 4.42 Å². The standard InChI is InChI=1S/C31H19Cl2N3O4S/c32-23-16-25(36(38)39)24(33)15-22(23)26-13-11-19(40-26)14-27-30(37)35-29(18-7-2-1-3-8-18)21-12-10-17-6-4-5-9-20(17)28(21)34-31(35)41-27/h1-9,11,13-16,29H,10,12H2/b27-14-/t29-/m1/s1. The van der Waals surface area contributed by atoms with Gasteiger partial charge in [0, 0.05) is 23.3 Å². The van der Waals surface area contributed by atoms with E-state index in [1.165, 1.54) is 29.0 Å². The Morgan fingerprint density at radius 1 is 0.976 bits per heavy atom. The SMILES string of the molecule is O=c1/c(=C/c2ccc(-c3cc(Cl)c([N+](=O)[O-])cc3Cl)o2)sc2n1[C@H](c1ccccc1)C1=C(N=2)c2ccccc2CC1. The number of aryl methyl sites for hydroxylation is 1. The van der Waals surface area contributed by atoms with E-state index in [1.807, 2.05) is 30.3 Å². The fraction of sp³-hybridized carbons (Fsp3) is 0.0968. The molecule has 1 aliphatic carbocycles. The monoisotopic (exact) mass is 599 g/mol. The Bertz CT molecular complexity index is 2090. The van der Waals surface area contributed by atoms with E-state index in [0.29, 0.717) is 26.4 Å². The predicted molar refractivity (Wildman–Crippen MR) is 160 cm³/mol. The first-order chi connectivity index (χ1) is 19.9. The highest BCUT2D eigenvalue weighted by molar-refractivity contribution is 7.07. The maximum absolute atomic E-state index is 13.9. The van der Waals surface area contributed by atoms with Crippen LogP contribution in [0.2, 0.25) is 10.0 Å². The van der Waals surface area contributed by atoms with Crippen molar-refractivity contribution in [2.45, 2.75) is 18.9 Å². The maximum Gasteiger partial charge on any atom is 0.289 e. The molecule has 0 unspecified atom stereocenters. The minimum atomic E-state index is -0.593. The lowest BCUT2D eigenvalue weighted by Crippen LogP contribution is -2.38. The molecule has 41 heavy (non-hydrogen) atoms. The molecule has 7 nitrogen and oxygen atoms in total. The van der Waals surface area contributed by atoms with Gasteiger partial charge in [0.15, 0.2) is 4.80 Å². The fourth-order valence-corrected chi connectivity index (χ4v) is 6.99. The highest BCUT2D eigenvalue weighted by Crippen LogP contribution is 2.41. The lowest BCUT2D eigenvalue weighted by atomic mass is 9.83. The number of nitro groups is 1. The zero-order valence-corrected chi connectivity index (χ0v) is 23.5. The number of hydrogen-bond donors (Lipinski definition) is 0. The molecule has 2 aromatic heterocycles. The number of furan rings is 1. The van der Waals surface area contributed by atoms with Crippen molar-refractivity contribution in [2.24, 2.45) is 4.99 Å². The van der Waals surface area contributed by atoms with Crippen LogP contribution in [-0.4, -0.2) is 9.49 Å². The van der Waals surface area contributed by atoms with Crippen LogP contribution in [0.3, 0.4) is 0 Å². The molecule has 0 amide bonds. The van der Waals surface area contributed by atoms with Crippen LogP contribution in [0.4, 0.5) is 5.69 Å². The summed E-state index contributed by atoms with van der Waals surface area (Å²) in [6, 6.07) is 24.1. The van der Waals surface area contributed by atoms with Crippen molar-refractivity contribution >= 4 is 52.0 Å². The number of allylic oxidation sites excluding steroid dienone is 1. The Hall–Kier alpha value is -4.24. The number of aromatic nitrogens is 1. The van der Waals surface area contributed by atoms with E-state index in [2.05, 4.69) is 24.3 Å². The molecule has 7 rings (SSSR count). The van der Waals surface area contributed by atoms with Crippen molar-refractivity contribution in [3.63, 3.8) is 0 Å². The second-order valence-corrected chi connectivity index (χ2v) is 11.6. The molecule has 2 aliphatic rings. The summed E-state index contributed by atoms with van der Waals surface area (Å²) in [6.45, 7) is 0. The Kier molecular flexibility index (Phi) is 6.27. The molecule has 0 saturated carbocycles. The molecule has 5 aromatic rings. The summed E-state index contributed by atoms with van der Waals surface area (Å²) in [5.74, 6) is 0.807. The molecule has 0 radical (unpaired) electrons. The van der Waals surface area contributed by atoms with Crippen molar-refractivity contribution in [1.29, 1.82) is 0 Å². The third-order valence-electron chi connectivity index (χ3n) is 7.39. The van der Waals surface area contributed by atoms with Crippen LogP contribution in [0.5, 0.6) is 0 Å². The molecule has 0 fully saturated rings. The van der Waals surface area contributed by atoms with Crippen LogP contribution >= 0.6 is 34.5 Å². The van der Waals surface area contributed by atoms with E-state index in [9.17, 15) is 14.9 Å². The lowest BCUT2D eigenvalue weighted by molar-refractivity contribution is -0.384.